The highest BCUT2D eigenvalue weighted by molar-refractivity contribution is 6.03. The molecule has 2 atom stereocenters. The normalized spacial score (nSPS) is 23.2. The third kappa shape index (κ3) is 2.02. The summed E-state index contributed by atoms with van der Waals surface area (Å²) in [6.45, 7) is 5.37. The molecule has 2 aromatic rings. The first-order valence-electron chi connectivity index (χ1n) is 6.63. The fourth-order valence-corrected chi connectivity index (χ4v) is 2.63. The van der Waals surface area contributed by atoms with Crippen molar-refractivity contribution in [2.75, 3.05) is 18.1 Å². The van der Waals surface area contributed by atoms with Gasteiger partial charge in [0.05, 0.1) is 30.9 Å². The van der Waals surface area contributed by atoms with Crippen LogP contribution < -0.4 is 10.6 Å². The van der Waals surface area contributed by atoms with E-state index >= 15 is 0 Å². The molecule has 106 valence electrons. The Hall–Kier alpha value is -2.08. The molecule has 1 aromatic heterocycles. The van der Waals surface area contributed by atoms with Gasteiger partial charge in [0.1, 0.15) is 5.52 Å². The molecule has 1 amide bonds. The van der Waals surface area contributed by atoms with E-state index in [4.69, 9.17) is 14.9 Å². The van der Waals surface area contributed by atoms with Gasteiger partial charge < -0.3 is 19.8 Å². The lowest BCUT2D eigenvalue weighted by Gasteiger charge is -2.37. The van der Waals surface area contributed by atoms with Crippen molar-refractivity contribution < 1.29 is 13.9 Å². The number of fused-ring (bicyclic) bond motifs is 1. The van der Waals surface area contributed by atoms with Gasteiger partial charge in [-0.2, -0.15) is 4.98 Å². The van der Waals surface area contributed by atoms with Gasteiger partial charge >= 0.3 is 0 Å². The van der Waals surface area contributed by atoms with E-state index in [0.29, 0.717) is 35.9 Å². The third-order valence-corrected chi connectivity index (χ3v) is 3.56. The maximum atomic E-state index is 11.4. The second-order valence-electron chi connectivity index (χ2n) is 5.16. The number of hydrogen-bond acceptors (Lipinski definition) is 5. The molecule has 6 heteroatoms. The molecule has 0 spiro atoms. The maximum Gasteiger partial charge on any atom is 0.299 e. The Labute approximate surface area is 116 Å². The van der Waals surface area contributed by atoms with Crippen molar-refractivity contribution in [3.63, 3.8) is 0 Å². The average molecular weight is 275 g/mol. The first-order valence-corrected chi connectivity index (χ1v) is 6.63. The number of nitrogens with two attached hydrogens (primary N) is 1. The van der Waals surface area contributed by atoms with Crippen LogP contribution in [0.4, 0.5) is 6.01 Å². The minimum absolute atomic E-state index is 0.170. The summed E-state index contributed by atoms with van der Waals surface area (Å²) < 4.78 is 11.3. The summed E-state index contributed by atoms with van der Waals surface area (Å²) in [5, 5.41) is 0. The van der Waals surface area contributed by atoms with Crippen molar-refractivity contribution in [3.05, 3.63) is 23.8 Å². The Balaban J connectivity index is 2.08. The van der Waals surface area contributed by atoms with Crippen molar-refractivity contribution in [3.8, 4) is 0 Å². The molecule has 0 radical (unpaired) electrons. The molecule has 3 rings (SSSR count). The van der Waals surface area contributed by atoms with Crippen LogP contribution >= 0.6 is 0 Å². The van der Waals surface area contributed by atoms with Gasteiger partial charge in [-0.15, -0.1) is 0 Å². The van der Waals surface area contributed by atoms with Gasteiger partial charge in [-0.05, 0) is 26.0 Å². The molecule has 1 aliphatic rings. The summed E-state index contributed by atoms with van der Waals surface area (Å²) in [5.41, 5.74) is 6.83. The van der Waals surface area contributed by atoms with Crippen molar-refractivity contribution in [1.82, 2.24) is 4.98 Å². The number of hydrogen-bond donors (Lipinski definition) is 1. The number of nitrogens with zero attached hydrogens (tertiary/aromatic N) is 2. The second kappa shape index (κ2) is 4.79. The monoisotopic (exact) mass is 275 g/mol. The third-order valence-electron chi connectivity index (χ3n) is 3.56. The number of carbonyl (C=O) groups is 1. The first-order chi connectivity index (χ1) is 9.58. The lowest BCUT2D eigenvalue weighted by atomic mass is 10.2. The van der Waals surface area contributed by atoms with Crippen LogP contribution in [-0.4, -0.2) is 36.2 Å². The Kier molecular flexibility index (Phi) is 3.10. The summed E-state index contributed by atoms with van der Waals surface area (Å²) in [4.78, 5) is 18.0. The largest absolute Gasteiger partial charge is 0.423 e. The lowest BCUT2D eigenvalue weighted by molar-refractivity contribution is 0.0727. The van der Waals surface area contributed by atoms with Gasteiger partial charge in [-0.25, -0.2) is 0 Å². The van der Waals surface area contributed by atoms with Gasteiger partial charge in [0.2, 0.25) is 0 Å². The number of carbonyl (C=O) groups excluding carboxylic acids is 1. The van der Waals surface area contributed by atoms with Crippen LogP contribution in [0.3, 0.4) is 0 Å². The van der Waals surface area contributed by atoms with Crippen LogP contribution in [0.2, 0.25) is 0 Å². The fourth-order valence-electron chi connectivity index (χ4n) is 2.63. The number of rotatable bonds is 2. The first kappa shape index (κ1) is 12.9. The highest BCUT2D eigenvalue weighted by Crippen LogP contribution is 2.28. The average Bonchev–Trinajstić information content (AvgIpc) is 2.81. The summed E-state index contributed by atoms with van der Waals surface area (Å²) >= 11 is 0. The van der Waals surface area contributed by atoms with E-state index in [1.807, 2.05) is 0 Å². The Morgan fingerprint density at radius 1 is 1.35 bits per heavy atom. The number of amides is 1. The van der Waals surface area contributed by atoms with E-state index < -0.39 is 5.91 Å². The van der Waals surface area contributed by atoms with Crippen LogP contribution in [-0.2, 0) is 4.74 Å². The van der Waals surface area contributed by atoms with Crippen molar-refractivity contribution in [1.29, 1.82) is 0 Å². The van der Waals surface area contributed by atoms with Gasteiger partial charge in [-0.3, -0.25) is 4.79 Å². The maximum absolute atomic E-state index is 11.4. The lowest BCUT2D eigenvalue weighted by Crippen LogP contribution is -2.49. The van der Waals surface area contributed by atoms with Crippen LogP contribution in [0.15, 0.2) is 22.6 Å². The molecule has 20 heavy (non-hydrogen) atoms. The molecule has 1 aromatic carbocycles. The van der Waals surface area contributed by atoms with Crippen LogP contribution in [0.5, 0.6) is 0 Å². The highest BCUT2D eigenvalue weighted by atomic mass is 16.5. The van der Waals surface area contributed by atoms with E-state index in [1.54, 1.807) is 18.2 Å². The molecule has 1 saturated heterocycles. The SMILES string of the molecule is CC1COCC(C)N1c1nc2c(C(N)=O)cccc2o1. The summed E-state index contributed by atoms with van der Waals surface area (Å²) in [7, 11) is 0. The molecule has 6 nitrogen and oxygen atoms in total. The zero-order valence-electron chi connectivity index (χ0n) is 11.5. The molecule has 0 aliphatic carbocycles. The highest BCUT2D eigenvalue weighted by Gasteiger charge is 2.29. The number of oxazole rings is 1. The van der Waals surface area contributed by atoms with Gasteiger partial charge in [0, 0.05) is 0 Å². The number of benzene rings is 1. The van der Waals surface area contributed by atoms with Crippen molar-refractivity contribution >= 4 is 23.0 Å². The summed E-state index contributed by atoms with van der Waals surface area (Å²) in [6.07, 6.45) is 0. The molecule has 1 fully saturated rings. The number of anilines is 1. The Morgan fingerprint density at radius 2 is 2.05 bits per heavy atom. The van der Waals surface area contributed by atoms with E-state index in [9.17, 15) is 4.79 Å². The summed E-state index contributed by atoms with van der Waals surface area (Å²) in [5.74, 6) is -0.501. The van der Waals surface area contributed by atoms with Gasteiger partial charge in [0.25, 0.3) is 11.9 Å². The number of ether oxygens (including phenoxy) is 1. The predicted octanol–water partition coefficient (Wildman–Crippen LogP) is 1.54. The topological polar surface area (TPSA) is 81.6 Å². The molecule has 2 unspecified atom stereocenters. The van der Waals surface area contributed by atoms with Crippen LogP contribution in [0.1, 0.15) is 24.2 Å². The van der Waals surface area contributed by atoms with Crippen molar-refractivity contribution in [2.45, 2.75) is 25.9 Å². The zero-order valence-corrected chi connectivity index (χ0v) is 11.5. The predicted molar refractivity (Wildman–Crippen MR) is 74.7 cm³/mol. The minimum Gasteiger partial charge on any atom is -0.423 e. The van der Waals surface area contributed by atoms with E-state index in [-0.39, 0.29) is 12.1 Å². The molecule has 2 heterocycles. The number of para-hydroxylation sites is 1. The second-order valence-corrected chi connectivity index (χ2v) is 5.16. The number of aromatic nitrogens is 1. The molecular formula is C14H17N3O3. The van der Waals surface area contributed by atoms with Crippen LogP contribution in [0.25, 0.3) is 11.1 Å². The van der Waals surface area contributed by atoms with E-state index in [0.717, 1.165) is 0 Å². The summed E-state index contributed by atoms with van der Waals surface area (Å²) in [6, 6.07) is 6.03. The number of morpholine rings is 1. The Bertz CT molecular complexity index is 642. The van der Waals surface area contributed by atoms with Gasteiger partial charge in [0.15, 0.2) is 5.58 Å². The molecule has 1 aliphatic heterocycles. The van der Waals surface area contributed by atoms with Crippen LogP contribution in [0, 0.1) is 0 Å². The Morgan fingerprint density at radius 3 is 2.70 bits per heavy atom. The number of primary amides is 1. The zero-order chi connectivity index (χ0) is 14.3. The molecular weight excluding hydrogens is 258 g/mol. The quantitative estimate of drug-likeness (QED) is 0.899. The molecule has 2 N–H and O–H groups in total. The van der Waals surface area contributed by atoms with E-state index in [2.05, 4.69) is 23.7 Å². The molecule has 0 bridgehead atoms. The standard InChI is InChI=1S/C14H17N3O3/c1-8-6-19-7-9(2)17(8)14-16-12-10(13(15)18)4-3-5-11(12)20-14/h3-5,8-9H,6-7H2,1-2H3,(H2,15,18). The fraction of sp³-hybridized carbons (Fsp3) is 0.429. The van der Waals surface area contributed by atoms with Crippen molar-refractivity contribution in [2.24, 2.45) is 5.73 Å². The smallest absolute Gasteiger partial charge is 0.299 e. The molecule has 0 saturated carbocycles. The van der Waals surface area contributed by atoms with Gasteiger partial charge in [-0.1, -0.05) is 6.07 Å². The minimum atomic E-state index is -0.501. The van der Waals surface area contributed by atoms with E-state index in [1.165, 1.54) is 0 Å².